The number of thiophene rings is 1. The fraction of sp³-hybridized carbons (Fsp3) is 0.100. The zero-order chi connectivity index (χ0) is 23.2. The second-order valence-corrected chi connectivity index (χ2v) is 9.40. The molecule has 1 aromatic carbocycles. The number of carbonyl (C=O) groups is 2. The first kappa shape index (κ1) is 22.2. The summed E-state index contributed by atoms with van der Waals surface area (Å²) < 4.78 is 40.1. The molecule has 6 nitrogen and oxygen atoms in total. The molecule has 1 fully saturated rings. The van der Waals surface area contributed by atoms with Gasteiger partial charge in [-0.05, 0) is 42.5 Å². The number of anilines is 1. The monoisotopic (exact) mass is 495 g/mol. The summed E-state index contributed by atoms with van der Waals surface area (Å²) in [6.45, 7) is 0. The summed E-state index contributed by atoms with van der Waals surface area (Å²) >= 11 is 7.55. The molecule has 1 N–H and O–H groups in total. The number of amides is 1. The van der Waals surface area contributed by atoms with Gasteiger partial charge in [0.1, 0.15) is 11.4 Å². The van der Waals surface area contributed by atoms with Gasteiger partial charge in [-0.3, -0.25) is 14.4 Å². The van der Waals surface area contributed by atoms with Gasteiger partial charge in [0.05, 0.1) is 21.0 Å². The number of carbonyl (C=O) groups excluding carboxylic acids is 1. The molecule has 0 atom stereocenters. The molecule has 0 unspecified atom stereocenters. The van der Waals surface area contributed by atoms with Crippen LogP contribution in [0.25, 0.3) is 16.6 Å². The lowest BCUT2D eigenvalue weighted by molar-refractivity contribution is -0.143. The average molecular weight is 496 g/mol. The lowest BCUT2D eigenvalue weighted by Gasteiger charge is -2.14. The molecule has 0 aliphatic carbocycles. The third kappa shape index (κ3) is 4.20. The zero-order valence-corrected chi connectivity index (χ0v) is 18.5. The molecule has 164 valence electrons. The Kier molecular flexibility index (Phi) is 5.69. The predicted molar refractivity (Wildman–Crippen MR) is 121 cm³/mol. The van der Waals surface area contributed by atoms with Gasteiger partial charge in [-0.25, -0.2) is 4.79 Å². The number of alkyl halides is 3. The molecule has 1 amide bonds. The number of thioether (sulfide) groups is 1. The Morgan fingerprint density at radius 1 is 1.22 bits per heavy atom. The zero-order valence-electron chi connectivity index (χ0n) is 16.1. The van der Waals surface area contributed by atoms with Crippen molar-refractivity contribution in [3.63, 3.8) is 0 Å². The lowest BCUT2D eigenvalue weighted by Crippen LogP contribution is -2.27. The highest BCUT2D eigenvalue weighted by Gasteiger charge is 2.36. The molecule has 2 aromatic heterocycles. The Balaban J connectivity index is 1.60. The van der Waals surface area contributed by atoms with Crippen LogP contribution in [0.3, 0.4) is 0 Å². The second kappa shape index (κ2) is 8.19. The minimum atomic E-state index is -4.51. The highest BCUT2D eigenvalue weighted by atomic mass is 32.2. The van der Waals surface area contributed by atoms with Crippen LogP contribution in [0.5, 0.6) is 0 Å². The Morgan fingerprint density at radius 2 is 1.97 bits per heavy atom. The maximum Gasteiger partial charge on any atom is 0.433 e. The van der Waals surface area contributed by atoms with Crippen molar-refractivity contribution in [2.75, 3.05) is 4.90 Å². The molecular formula is C20H12F3N3O3S3. The Hall–Kier alpha value is -2.96. The topological polar surface area (TPSA) is 75.4 Å². The largest absolute Gasteiger partial charge is 0.478 e. The van der Waals surface area contributed by atoms with Crippen LogP contribution >= 0.6 is 35.3 Å². The maximum absolute atomic E-state index is 13.0. The van der Waals surface area contributed by atoms with Crippen LogP contribution in [-0.4, -0.2) is 31.1 Å². The molecule has 0 saturated carbocycles. The first-order valence-corrected chi connectivity index (χ1v) is 10.9. The number of aromatic carboxylic acids is 1. The fourth-order valence-electron chi connectivity index (χ4n) is 3.02. The number of carboxylic acid groups (broad SMARTS) is 1. The minimum absolute atomic E-state index is 0.0250. The molecule has 3 aromatic rings. The standard InChI is InChI=1S/C20H12F3N3O3S3/c1-25-16(20(21,22)23)9-13(24-25)14-6-5-12(31-14)8-15-17(27)26(19(30)32-15)11-4-2-3-10(7-11)18(28)29/h2-9H,1H3,(H,28,29). The number of aryl methyl sites for hydroxylation is 1. The molecule has 1 aliphatic heterocycles. The van der Waals surface area contributed by atoms with Crippen molar-refractivity contribution in [1.29, 1.82) is 0 Å². The number of rotatable bonds is 4. The number of halogens is 3. The summed E-state index contributed by atoms with van der Waals surface area (Å²) in [6, 6.07) is 10.2. The van der Waals surface area contributed by atoms with Crippen molar-refractivity contribution in [3.05, 3.63) is 63.5 Å². The maximum atomic E-state index is 13.0. The number of thiocarbonyl (C=S) groups is 1. The van der Waals surface area contributed by atoms with Crippen molar-refractivity contribution >= 4 is 63.3 Å². The van der Waals surface area contributed by atoms with E-state index in [-0.39, 0.29) is 15.6 Å². The van der Waals surface area contributed by atoms with Crippen LogP contribution in [0.15, 0.2) is 47.4 Å². The van der Waals surface area contributed by atoms with E-state index in [0.29, 0.717) is 20.3 Å². The number of hydrogen-bond donors (Lipinski definition) is 1. The van der Waals surface area contributed by atoms with Gasteiger partial charge in [0.25, 0.3) is 5.91 Å². The van der Waals surface area contributed by atoms with Gasteiger partial charge in [0, 0.05) is 11.9 Å². The van der Waals surface area contributed by atoms with Crippen molar-refractivity contribution in [2.45, 2.75) is 6.18 Å². The van der Waals surface area contributed by atoms with Gasteiger partial charge in [-0.2, -0.15) is 18.3 Å². The third-order valence-corrected chi connectivity index (χ3v) is 6.82. The van der Waals surface area contributed by atoms with Crippen LogP contribution in [0.1, 0.15) is 20.9 Å². The summed E-state index contributed by atoms with van der Waals surface area (Å²) in [5.41, 5.74) is -0.303. The van der Waals surface area contributed by atoms with E-state index in [2.05, 4.69) is 5.10 Å². The molecule has 32 heavy (non-hydrogen) atoms. The number of nitrogens with zero attached hydrogens (tertiary/aromatic N) is 3. The van der Waals surface area contributed by atoms with E-state index >= 15 is 0 Å². The summed E-state index contributed by atoms with van der Waals surface area (Å²) in [5.74, 6) is -1.53. The second-order valence-electron chi connectivity index (χ2n) is 6.61. The van der Waals surface area contributed by atoms with Crippen molar-refractivity contribution in [2.24, 2.45) is 7.05 Å². The van der Waals surface area contributed by atoms with Crippen molar-refractivity contribution in [1.82, 2.24) is 9.78 Å². The summed E-state index contributed by atoms with van der Waals surface area (Å²) in [6.07, 6.45) is -2.91. The smallest absolute Gasteiger partial charge is 0.433 e. The van der Waals surface area contributed by atoms with E-state index < -0.39 is 23.7 Å². The summed E-state index contributed by atoms with van der Waals surface area (Å²) in [7, 11) is 1.23. The Morgan fingerprint density at radius 3 is 2.62 bits per heavy atom. The molecule has 3 heterocycles. The van der Waals surface area contributed by atoms with Gasteiger partial charge >= 0.3 is 12.1 Å². The third-order valence-electron chi connectivity index (χ3n) is 4.47. The van der Waals surface area contributed by atoms with Gasteiger partial charge in [0.15, 0.2) is 4.32 Å². The number of benzene rings is 1. The number of carboxylic acids is 1. The van der Waals surface area contributed by atoms with E-state index in [1.54, 1.807) is 24.3 Å². The van der Waals surface area contributed by atoms with Crippen molar-refractivity contribution in [3.8, 4) is 10.6 Å². The molecule has 1 saturated heterocycles. The Bertz CT molecular complexity index is 1290. The molecule has 1 aliphatic rings. The normalized spacial score (nSPS) is 15.8. The first-order valence-electron chi connectivity index (χ1n) is 8.87. The molecule has 0 spiro atoms. The van der Waals surface area contributed by atoms with Crippen LogP contribution in [-0.2, 0) is 18.0 Å². The van der Waals surface area contributed by atoms with E-state index in [1.165, 1.54) is 41.5 Å². The first-order chi connectivity index (χ1) is 15.0. The van der Waals surface area contributed by atoms with Crippen molar-refractivity contribution < 1.29 is 27.9 Å². The van der Waals surface area contributed by atoms with Gasteiger partial charge in [-0.1, -0.05) is 30.0 Å². The molecule has 12 heteroatoms. The summed E-state index contributed by atoms with van der Waals surface area (Å²) in [5, 5.41) is 13.1. The van der Waals surface area contributed by atoms with Gasteiger partial charge in [-0.15, -0.1) is 11.3 Å². The van der Waals surface area contributed by atoms with Gasteiger partial charge < -0.3 is 5.11 Å². The van der Waals surface area contributed by atoms with Crippen LogP contribution in [0.2, 0.25) is 0 Å². The molecule has 0 radical (unpaired) electrons. The lowest BCUT2D eigenvalue weighted by atomic mass is 10.2. The molecular weight excluding hydrogens is 483 g/mol. The molecule has 0 bridgehead atoms. The van der Waals surface area contributed by atoms with Crippen LogP contribution in [0.4, 0.5) is 18.9 Å². The Labute approximate surface area is 193 Å². The SMILES string of the molecule is Cn1nc(-c2ccc(C=C3SC(=S)N(c4cccc(C(=O)O)c4)C3=O)s2)cc1C(F)(F)F. The number of hydrogen-bond acceptors (Lipinski definition) is 6. The van der Waals surface area contributed by atoms with Gasteiger partial charge in [0.2, 0.25) is 0 Å². The van der Waals surface area contributed by atoms with Crippen LogP contribution in [0, 0.1) is 0 Å². The number of aromatic nitrogens is 2. The van der Waals surface area contributed by atoms with E-state index in [9.17, 15) is 22.8 Å². The average Bonchev–Trinajstić information content (AvgIpc) is 3.40. The van der Waals surface area contributed by atoms with Crippen LogP contribution < -0.4 is 4.90 Å². The van der Waals surface area contributed by atoms with E-state index in [0.717, 1.165) is 22.5 Å². The quantitative estimate of drug-likeness (QED) is 0.393. The van der Waals surface area contributed by atoms with E-state index in [1.807, 2.05) is 0 Å². The fourth-order valence-corrected chi connectivity index (χ4v) is 5.29. The van der Waals surface area contributed by atoms with E-state index in [4.69, 9.17) is 17.3 Å². The highest BCUT2D eigenvalue weighted by molar-refractivity contribution is 8.27. The molecule has 4 rings (SSSR count). The summed E-state index contributed by atoms with van der Waals surface area (Å²) in [4.78, 5) is 26.8. The minimum Gasteiger partial charge on any atom is -0.478 e. The highest BCUT2D eigenvalue weighted by Crippen LogP contribution is 2.39. The predicted octanol–water partition coefficient (Wildman–Crippen LogP) is 5.27.